The Labute approximate surface area is 146 Å². The van der Waals surface area contributed by atoms with Crippen LogP contribution in [0.3, 0.4) is 0 Å². The summed E-state index contributed by atoms with van der Waals surface area (Å²) in [6, 6.07) is 10.4. The molecule has 5 heteroatoms. The first-order chi connectivity index (χ1) is 11.7. The van der Waals surface area contributed by atoms with Gasteiger partial charge < -0.3 is 4.57 Å². The van der Waals surface area contributed by atoms with Gasteiger partial charge in [0.15, 0.2) is 0 Å². The topological polar surface area (TPSA) is 34.0 Å². The Balaban J connectivity index is 1.95. The molecule has 0 saturated carbocycles. The van der Waals surface area contributed by atoms with Crippen molar-refractivity contribution in [1.29, 1.82) is 0 Å². The van der Waals surface area contributed by atoms with Gasteiger partial charge in [0, 0.05) is 24.3 Å². The minimum atomic E-state index is -0.129. The van der Waals surface area contributed by atoms with Crippen LogP contribution < -0.4 is 0 Å². The Hall–Kier alpha value is -2.17. The average Bonchev–Trinajstić information content (AvgIpc) is 2.93. The van der Waals surface area contributed by atoms with Gasteiger partial charge in [-0.15, -0.1) is 0 Å². The third-order valence-electron chi connectivity index (χ3n) is 4.69. The van der Waals surface area contributed by atoms with Crippen molar-refractivity contribution in [3.05, 3.63) is 59.8 Å². The zero-order valence-electron chi connectivity index (χ0n) is 13.8. The highest BCUT2D eigenvalue weighted by Gasteiger charge is 2.29. The van der Waals surface area contributed by atoms with Crippen LogP contribution in [0.4, 0.5) is 0 Å². The van der Waals surface area contributed by atoms with Crippen LogP contribution in [0.15, 0.2) is 42.9 Å². The molecule has 0 amide bonds. The minimum Gasteiger partial charge on any atom is -0.317 e. The first-order valence-electron chi connectivity index (χ1n) is 8.07. The van der Waals surface area contributed by atoms with Gasteiger partial charge in [0.25, 0.3) is 0 Å². The molecule has 1 atom stereocenters. The van der Waals surface area contributed by atoms with E-state index in [9.17, 15) is 0 Å². The fourth-order valence-corrected chi connectivity index (χ4v) is 3.74. The quantitative estimate of drug-likeness (QED) is 0.519. The van der Waals surface area contributed by atoms with Gasteiger partial charge in [-0.3, -0.25) is 4.90 Å². The van der Waals surface area contributed by atoms with Gasteiger partial charge in [-0.2, -0.15) is 0 Å². The van der Waals surface area contributed by atoms with Crippen LogP contribution in [0.5, 0.6) is 0 Å². The second-order valence-electron chi connectivity index (χ2n) is 6.22. The van der Waals surface area contributed by atoms with Crippen LogP contribution >= 0.6 is 11.6 Å². The van der Waals surface area contributed by atoms with Crippen LogP contribution in [0, 0.1) is 0 Å². The standard InChI is InChI=1S/C19H19ClN4/c1-13(16-7-9-21-12-22-16)11-24-17-6-4-3-5-14(17)15-8-10-23(2)19(20)18(15)24/h3-7,9,11-12,19H,8,10H2,1-2H3. The normalized spacial score (nSPS) is 18.8. The van der Waals surface area contributed by atoms with Crippen LogP contribution in [0.25, 0.3) is 22.7 Å². The van der Waals surface area contributed by atoms with Crippen molar-refractivity contribution in [2.45, 2.75) is 18.8 Å². The van der Waals surface area contributed by atoms with E-state index in [4.69, 9.17) is 11.6 Å². The summed E-state index contributed by atoms with van der Waals surface area (Å²) in [6.07, 6.45) is 6.50. The molecule has 0 aliphatic carbocycles. The largest absolute Gasteiger partial charge is 0.317 e. The summed E-state index contributed by atoms with van der Waals surface area (Å²) in [4.78, 5) is 10.5. The summed E-state index contributed by atoms with van der Waals surface area (Å²) >= 11 is 6.75. The van der Waals surface area contributed by atoms with Crippen molar-refractivity contribution < 1.29 is 0 Å². The summed E-state index contributed by atoms with van der Waals surface area (Å²) in [7, 11) is 2.07. The van der Waals surface area contributed by atoms with Gasteiger partial charge in [0.2, 0.25) is 0 Å². The molecule has 0 bridgehead atoms. The van der Waals surface area contributed by atoms with Crippen molar-refractivity contribution in [1.82, 2.24) is 19.4 Å². The van der Waals surface area contributed by atoms with E-state index in [0.29, 0.717) is 0 Å². The highest BCUT2D eigenvalue weighted by atomic mass is 35.5. The number of nitrogens with zero attached hydrogens (tertiary/aromatic N) is 4. The fraction of sp³-hybridized carbons (Fsp3) is 0.263. The minimum absolute atomic E-state index is 0.129. The second kappa shape index (κ2) is 6.04. The van der Waals surface area contributed by atoms with Gasteiger partial charge in [0.05, 0.1) is 16.9 Å². The number of hydrogen-bond donors (Lipinski definition) is 0. The zero-order valence-corrected chi connectivity index (χ0v) is 14.5. The first kappa shape index (κ1) is 15.4. The Kier molecular flexibility index (Phi) is 3.87. The third-order valence-corrected chi connectivity index (χ3v) is 5.23. The molecular formula is C19H19ClN4. The van der Waals surface area contributed by atoms with Crippen molar-refractivity contribution in [3.8, 4) is 0 Å². The predicted octanol–water partition coefficient (Wildman–Crippen LogP) is 4.17. The van der Waals surface area contributed by atoms with E-state index in [1.165, 1.54) is 22.2 Å². The molecule has 0 radical (unpaired) electrons. The van der Waals surface area contributed by atoms with Crippen molar-refractivity contribution >= 4 is 34.3 Å². The van der Waals surface area contributed by atoms with Crippen LogP contribution in [0.2, 0.25) is 0 Å². The van der Waals surface area contributed by atoms with Crippen LogP contribution in [-0.4, -0.2) is 33.0 Å². The molecule has 0 saturated heterocycles. The zero-order chi connectivity index (χ0) is 16.7. The molecule has 1 aliphatic rings. The molecule has 1 unspecified atom stereocenters. The molecule has 0 fully saturated rings. The molecule has 0 N–H and O–H groups in total. The summed E-state index contributed by atoms with van der Waals surface area (Å²) in [5.41, 5.74) is 5.59. The molecule has 2 aromatic heterocycles. The number of fused-ring (bicyclic) bond motifs is 3. The highest BCUT2D eigenvalue weighted by Crippen LogP contribution is 2.39. The van der Waals surface area contributed by atoms with Gasteiger partial charge in [-0.05, 0) is 43.7 Å². The van der Waals surface area contributed by atoms with E-state index < -0.39 is 0 Å². The van der Waals surface area contributed by atoms with Crippen molar-refractivity contribution in [2.75, 3.05) is 13.6 Å². The number of allylic oxidation sites excluding steroid dienone is 1. The van der Waals surface area contributed by atoms with Crippen LogP contribution in [-0.2, 0) is 6.42 Å². The number of para-hydroxylation sites is 1. The summed E-state index contributed by atoms with van der Waals surface area (Å²) in [5, 5.41) is 1.29. The maximum atomic E-state index is 6.75. The highest BCUT2D eigenvalue weighted by molar-refractivity contribution is 6.21. The van der Waals surface area contributed by atoms with E-state index >= 15 is 0 Å². The smallest absolute Gasteiger partial charge is 0.126 e. The van der Waals surface area contributed by atoms with E-state index in [2.05, 4.69) is 63.9 Å². The molecule has 3 aromatic rings. The monoisotopic (exact) mass is 338 g/mol. The molecule has 0 spiro atoms. The lowest BCUT2D eigenvalue weighted by atomic mass is 10.0. The van der Waals surface area contributed by atoms with Crippen molar-refractivity contribution in [3.63, 3.8) is 0 Å². The Morgan fingerprint density at radius 2 is 2.12 bits per heavy atom. The van der Waals surface area contributed by atoms with Crippen molar-refractivity contribution in [2.24, 2.45) is 0 Å². The first-order valence-corrected chi connectivity index (χ1v) is 8.51. The SMILES string of the molecule is CC(=Cn1c2c(c3ccccc31)CCN(C)C2Cl)c1ccncn1. The van der Waals surface area contributed by atoms with Gasteiger partial charge in [0.1, 0.15) is 11.8 Å². The number of likely N-dealkylation sites (N-methyl/N-ethyl adjacent to an activating group) is 1. The van der Waals surface area contributed by atoms with Gasteiger partial charge >= 0.3 is 0 Å². The summed E-state index contributed by atoms with van der Waals surface area (Å²) in [6.45, 7) is 3.04. The molecule has 1 aromatic carbocycles. The summed E-state index contributed by atoms with van der Waals surface area (Å²) in [5.74, 6) is 0. The Bertz CT molecular complexity index is 914. The average molecular weight is 339 g/mol. The molecule has 122 valence electrons. The lowest BCUT2D eigenvalue weighted by molar-refractivity contribution is 0.293. The summed E-state index contributed by atoms with van der Waals surface area (Å²) < 4.78 is 2.23. The number of alkyl halides is 1. The molecule has 4 nitrogen and oxygen atoms in total. The van der Waals surface area contributed by atoms with E-state index in [1.54, 1.807) is 12.5 Å². The molecular weight excluding hydrogens is 320 g/mol. The third kappa shape index (κ3) is 2.43. The molecule has 3 heterocycles. The number of aromatic nitrogens is 3. The lowest BCUT2D eigenvalue weighted by Crippen LogP contribution is -2.29. The lowest BCUT2D eigenvalue weighted by Gasteiger charge is -2.29. The molecule has 24 heavy (non-hydrogen) atoms. The maximum Gasteiger partial charge on any atom is 0.126 e. The van der Waals surface area contributed by atoms with Gasteiger partial charge in [-0.1, -0.05) is 29.8 Å². The molecule has 1 aliphatic heterocycles. The maximum absolute atomic E-state index is 6.75. The number of rotatable bonds is 2. The Morgan fingerprint density at radius 3 is 2.92 bits per heavy atom. The predicted molar refractivity (Wildman–Crippen MR) is 98.7 cm³/mol. The number of benzene rings is 1. The van der Waals surface area contributed by atoms with E-state index in [-0.39, 0.29) is 5.50 Å². The number of hydrogen-bond acceptors (Lipinski definition) is 3. The Morgan fingerprint density at radius 1 is 1.29 bits per heavy atom. The molecule has 4 rings (SSSR count). The van der Waals surface area contributed by atoms with E-state index in [1.807, 2.05) is 6.07 Å². The van der Waals surface area contributed by atoms with E-state index in [0.717, 1.165) is 24.2 Å². The van der Waals surface area contributed by atoms with Gasteiger partial charge in [-0.25, -0.2) is 9.97 Å². The number of halogens is 1. The fourth-order valence-electron chi connectivity index (χ4n) is 3.41. The second-order valence-corrected chi connectivity index (χ2v) is 6.64. The van der Waals surface area contributed by atoms with Crippen LogP contribution in [0.1, 0.15) is 29.4 Å².